The van der Waals surface area contributed by atoms with E-state index in [0.717, 1.165) is 22.4 Å². The number of thiazole rings is 1. The van der Waals surface area contributed by atoms with Gasteiger partial charge in [0.2, 0.25) is 5.91 Å². The molecule has 0 radical (unpaired) electrons. The number of nitrogens with zero attached hydrogens (tertiary/aromatic N) is 4. The molecular formula is C24H18ClN5O2S. The third kappa shape index (κ3) is 4.35. The molecule has 1 N–H and O–H groups in total. The predicted octanol–water partition coefficient (Wildman–Crippen LogP) is 4.77. The average molecular weight is 476 g/mol. The number of benzene rings is 1. The van der Waals surface area contributed by atoms with Gasteiger partial charge in [-0.2, -0.15) is 0 Å². The van der Waals surface area contributed by atoms with E-state index in [9.17, 15) is 9.59 Å². The molecule has 1 fully saturated rings. The van der Waals surface area contributed by atoms with Gasteiger partial charge >= 0.3 is 0 Å². The van der Waals surface area contributed by atoms with Crippen LogP contribution in [-0.2, 0) is 4.79 Å². The maximum Gasteiger partial charge on any atom is 0.257 e. The van der Waals surface area contributed by atoms with Crippen LogP contribution in [0, 0.1) is 0 Å². The maximum absolute atomic E-state index is 12.8. The zero-order valence-electron chi connectivity index (χ0n) is 17.3. The first-order valence-electron chi connectivity index (χ1n) is 10.3. The summed E-state index contributed by atoms with van der Waals surface area (Å²) in [6.45, 7) is 0.493. The lowest BCUT2D eigenvalue weighted by molar-refractivity contribution is -0.123. The Morgan fingerprint density at radius 1 is 1.03 bits per heavy atom. The number of pyridine rings is 2. The molecule has 0 aliphatic carbocycles. The van der Waals surface area contributed by atoms with Crippen molar-refractivity contribution in [1.29, 1.82) is 0 Å². The fourth-order valence-electron chi connectivity index (χ4n) is 3.66. The Morgan fingerprint density at radius 2 is 1.85 bits per heavy atom. The smallest absolute Gasteiger partial charge is 0.257 e. The van der Waals surface area contributed by atoms with Crippen LogP contribution in [0.25, 0.3) is 22.4 Å². The number of carbonyl (C=O) groups is 2. The summed E-state index contributed by atoms with van der Waals surface area (Å²) in [5.41, 5.74) is 4.15. The molecule has 3 aromatic heterocycles. The van der Waals surface area contributed by atoms with E-state index in [1.54, 1.807) is 24.5 Å². The molecule has 0 spiro atoms. The van der Waals surface area contributed by atoms with Crippen molar-refractivity contribution in [1.82, 2.24) is 19.9 Å². The second kappa shape index (κ2) is 9.09. The predicted molar refractivity (Wildman–Crippen MR) is 128 cm³/mol. The first-order chi connectivity index (χ1) is 16.1. The molecule has 1 saturated heterocycles. The number of nitrogens with one attached hydrogen (secondary N) is 1. The molecule has 5 rings (SSSR count). The molecule has 4 aromatic rings. The molecule has 1 aromatic carbocycles. The van der Waals surface area contributed by atoms with E-state index in [1.807, 2.05) is 35.7 Å². The topological polar surface area (TPSA) is 88.1 Å². The highest BCUT2D eigenvalue weighted by Crippen LogP contribution is 2.30. The Hall–Kier alpha value is -3.62. The van der Waals surface area contributed by atoms with Gasteiger partial charge in [0.15, 0.2) is 5.13 Å². The van der Waals surface area contributed by atoms with Gasteiger partial charge < -0.3 is 10.2 Å². The molecule has 1 aliphatic rings. The number of halogens is 1. The van der Waals surface area contributed by atoms with Crippen LogP contribution in [0.4, 0.5) is 5.13 Å². The van der Waals surface area contributed by atoms with Gasteiger partial charge in [0.05, 0.1) is 11.3 Å². The summed E-state index contributed by atoms with van der Waals surface area (Å²) in [6.07, 6.45) is 5.62. The van der Waals surface area contributed by atoms with Gasteiger partial charge in [-0.3, -0.25) is 14.6 Å². The van der Waals surface area contributed by atoms with Gasteiger partial charge in [-0.05, 0) is 47.9 Å². The van der Waals surface area contributed by atoms with Crippen LogP contribution in [-0.4, -0.2) is 44.3 Å². The molecule has 7 nitrogen and oxygen atoms in total. The highest BCUT2D eigenvalue weighted by atomic mass is 35.5. The lowest BCUT2D eigenvalue weighted by atomic mass is 10.0. The van der Waals surface area contributed by atoms with Crippen molar-refractivity contribution in [2.75, 3.05) is 11.9 Å². The van der Waals surface area contributed by atoms with E-state index in [4.69, 9.17) is 11.6 Å². The van der Waals surface area contributed by atoms with Gasteiger partial charge in [-0.25, -0.2) is 9.97 Å². The minimum absolute atomic E-state index is 0.132. The number of aromatic nitrogens is 3. The Bertz CT molecular complexity index is 1330. The Kier molecular flexibility index (Phi) is 5.85. The zero-order valence-corrected chi connectivity index (χ0v) is 18.9. The molecule has 4 heterocycles. The number of hydrogen-bond acceptors (Lipinski definition) is 6. The number of rotatable bonds is 5. The van der Waals surface area contributed by atoms with Crippen LogP contribution < -0.4 is 5.32 Å². The normalized spacial score (nSPS) is 15.1. The van der Waals surface area contributed by atoms with E-state index >= 15 is 0 Å². The number of anilines is 1. The lowest BCUT2D eigenvalue weighted by Crippen LogP contribution is -2.56. The molecule has 0 saturated carbocycles. The van der Waals surface area contributed by atoms with Crippen molar-refractivity contribution in [2.45, 2.75) is 12.5 Å². The number of carbonyl (C=O) groups excluding carboxylic acids is 2. The molecule has 1 atom stereocenters. The van der Waals surface area contributed by atoms with E-state index in [-0.39, 0.29) is 17.0 Å². The summed E-state index contributed by atoms with van der Waals surface area (Å²) in [4.78, 5) is 39.7. The van der Waals surface area contributed by atoms with Gasteiger partial charge in [0.25, 0.3) is 5.91 Å². The Balaban J connectivity index is 1.28. The first-order valence-corrected chi connectivity index (χ1v) is 11.5. The lowest BCUT2D eigenvalue weighted by Gasteiger charge is -2.39. The summed E-state index contributed by atoms with van der Waals surface area (Å²) in [7, 11) is 0. The zero-order chi connectivity index (χ0) is 22.8. The van der Waals surface area contributed by atoms with Gasteiger partial charge in [-0.1, -0.05) is 29.8 Å². The third-order valence-electron chi connectivity index (χ3n) is 5.48. The second-order valence-electron chi connectivity index (χ2n) is 7.49. The largest absolute Gasteiger partial charge is 0.326 e. The minimum Gasteiger partial charge on any atom is -0.326 e. The molecular weight excluding hydrogens is 458 g/mol. The van der Waals surface area contributed by atoms with Crippen molar-refractivity contribution in [3.05, 3.63) is 83.2 Å². The minimum atomic E-state index is -0.559. The summed E-state index contributed by atoms with van der Waals surface area (Å²) < 4.78 is 0. The standard InChI is InChI=1S/C24H18ClN5O2S/c25-21-18(5-2-9-27-21)23(32)30-12-8-20(30)22(31)29-24-28-19(14-33-24)17-4-1-3-16(13-17)15-6-10-26-11-7-15/h1-7,9-11,13-14,20H,8,12H2,(H,28,29,31). The van der Waals surface area contributed by atoms with E-state index in [2.05, 4.69) is 26.3 Å². The third-order valence-corrected chi connectivity index (χ3v) is 6.54. The van der Waals surface area contributed by atoms with E-state index in [1.165, 1.54) is 22.4 Å². The average Bonchev–Trinajstić information content (AvgIpc) is 3.27. The van der Waals surface area contributed by atoms with Crippen LogP contribution in [0.1, 0.15) is 16.8 Å². The molecule has 9 heteroatoms. The van der Waals surface area contributed by atoms with Crippen LogP contribution in [0.3, 0.4) is 0 Å². The number of hydrogen-bond donors (Lipinski definition) is 1. The number of likely N-dealkylation sites (tertiary alicyclic amines) is 1. The Labute approximate surface area is 199 Å². The summed E-state index contributed by atoms with van der Waals surface area (Å²) in [6, 6.07) is 14.7. The fourth-order valence-corrected chi connectivity index (χ4v) is 4.58. The van der Waals surface area contributed by atoms with E-state index in [0.29, 0.717) is 23.7 Å². The fraction of sp³-hybridized carbons (Fsp3) is 0.125. The molecule has 1 unspecified atom stereocenters. The van der Waals surface area contributed by atoms with Crippen molar-refractivity contribution >= 4 is 39.9 Å². The monoisotopic (exact) mass is 475 g/mol. The van der Waals surface area contributed by atoms with Crippen molar-refractivity contribution in [2.24, 2.45) is 0 Å². The summed E-state index contributed by atoms with van der Waals surface area (Å²) in [5.74, 6) is -0.562. The molecule has 2 amide bonds. The summed E-state index contributed by atoms with van der Waals surface area (Å²) in [5, 5.41) is 5.37. The summed E-state index contributed by atoms with van der Waals surface area (Å²) >= 11 is 7.39. The highest BCUT2D eigenvalue weighted by molar-refractivity contribution is 7.14. The van der Waals surface area contributed by atoms with Gasteiger partial charge in [0.1, 0.15) is 11.2 Å². The SMILES string of the molecule is O=C(Nc1nc(-c2cccc(-c3ccncc3)c2)cs1)C1CCN1C(=O)c1cccnc1Cl. The van der Waals surface area contributed by atoms with Gasteiger partial charge in [0, 0.05) is 36.1 Å². The second-order valence-corrected chi connectivity index (χ2v) is 8.70. The molecule has 164 valence electrons. The maximum atomic E-state index is 12.8. The molecule has 33 heavy (non-hydrogen) atoms. The van der Waals surface area contributed by atoms with Crippen molar-refractivity contribution < 1.29 is 9.59 Å². The van der Waals surface area contributed by atoms with Crippen LogP contribution in [0.5, 0.6) is 0 Å². The van der Waals surface area contributed by atoms with Crippen LogP contribution >= 0.6 is 22.9 Å². The van der Waals surface area contributed by atoms with Crippen molar-refractivity contribution in [3.63, 3.8) is 0 Å². The van der Waals surface area contributed by atoms with Crippen molar-refractivity contribution in [3.8, 4) is 22.4 Å². The highest BCUT2D eigenvalue weighted by Gasteiger charge is 2.39. The molecule has 0 bridgehead atoms. The molecule has 1 aliphatic heterocycles. The van der Waals surface area contributed by atoms with Crippen LogP contribution in [0.2, 0.25) is 5.15 Å². The first kappa shape index (κ1) is 21.2. The quantitative estimate of drug-likeness (QED) is 0.420. The van der Waals surface area contributed by atoms with Crippen LogP contribution in [0.15, 0.2) is 72.5 Å². The van der Waals surface area contributed by atoms with Gasteiger partial charge in [-0.15, -0.1) is 11.3 Å². The Morgan fingerprint density at radius 3 is 2.61 bits per heavy atom. The number of amides is 2. The van der Waals surface area contributed by atoms with E-state index < -0.39 is 6.04 Å².